The number of nitro groups is 1. The van der Waals surface area contributed by atoms with Gasteiger partial charge in [0.05, 0.1) is 4.92 Å². The molecular formula is C21H17FN3O3S+. The summed E-state index contributed by atoms with van der Waals surface area (Å²) in [4.78, 5) is 24.0. The van der Waals surface area contributed by atoms with Crippen LogP contribution in [-0.2, 0) is 6.54 Å². The van der Waals surface area contributed by atoms with Crippen LogP contribution in [0.3, 0.4) is 0 Å². The number of benzene rings is 2. The summed E-state index contributed by atoms with van der Waals surface area (Å²) in [5.74, 6) is -0.712. The molecule has 0 radical (unpaired) electrons. The number of nitrogens with zero attached hydrogens (tertiary/aromatic N) is 2. The van der Waals surface area contributed by atoms with Gasteiger partial charge in [-0.15, -0.1) is 0 Å². The van der Waals surface area contributed by atoms with Crippen molar-refractivity contribution in [2.24, 2.45) is 0 Å². The van der Waals surface area contributed by atoms with Gasteiger partial charge in [-0.05, 0) is 17.7 Å². The van der Waals surface area contributed by atoms with Gasteiger partial charge in [0.1, 0.15) is 5.82 Å². The summed E-state index contributed by atoms with van der Waals surface area (Å²) in [6, 6.07) is 15.9. The Labute approximate surface area is 171 Å². The molecule has 0 unspecified atom stereocenters. The van der Waals surface area contributed by atoms with Crippen LogP contribution in [0.15, 0.2) is 79.1 Å². The molecule has 2 aromatic carbocycles. The van der Waals surface area contributed by atoms with Gasteiger partial charge < -0.3 is 5.32 Å². The molecule has 0 aliphatic heterocycles. The van der Waals surface area contributed by atoms with Crippen molar-refractivity contribution in [3.63, 3.8) is 0 Å². The fourth-order valence-electron chi connectivity index (χ4n) is 2.79. The molecule has 1 aromatic heterocycles. The first kappa shape index (κ1) is 20.2. The number of hydrogen-bond donors (Lipinski definition) is 1. The lowest BCUT2D eigenvalue weighted by Crippen LogP contribution is -2.51. The molecular weight excluding hydrogens is 393 g/mol. The first-order valence-electron chi connectivity index (χ1n) is 8.72. The molecule has 0 saturated heterocycles. The number of rotatable bonds is 7. The zero-order valence-electron chi connectivity index (χ0n) is 15.2. The Balaban J connectivity index is 1.87. The van der Waals surface area contributed by atoms with Crippen LogP contribution in [-0.4, -0.2) is 15.7 Å². The largest absolute Gasteiger partial charge is 0.370 e. The van der Waals surface area contributed by atoms with Crippen molar-refractivity contribution in [2.45, 2.75) is 12.6 Å². The molecule has 0 bridgehead atoms. The van der Waals surface area contributed by atoms with E-state index in [1.165, 1.54) is 36.4 Å². The van der Waals surface area contributed by atoms with E-state index in [1.54, 1.807) is 47.3 Å². The zero-order valence-corrected chi connectivity index (χ0v) is 16.0. The molecule has 8 heteroatoms. The standard InChI is InChI=1S/C21H16FN3O3S/c22-17-9-7-15(8-10-17)14-23-21(29)19(24-11-2-1-3-12-24)20(26)16-5-4-6-18(13-16)25(27)28/h1-13,19H,14H2/p+1/t19-/m1/s1. The quantitative estimate of drug-likeness (QED) is 0.212. The molecule has 0 fully saturated rings. The molecule has 1 heterocycles. The SMILES string of the molecule is O=C(c1cccc([N+](=O)[O-])c1)[C@H](C(=S)NCc1ccc(F)cc1)[n+]1ccccc1. The second kappa shape index (κ2) is 9.11. The normalized spacial score (nSPS) is 11.5. The van der Waals surface area contributed by atoms with Gasteiger partial charge in [0, 0.05) is 36.4 Å². The van der Waals surface area contributed by atoms with Gasteiger partial charge in [-0.25, -0.2) is 4.39 Å². The Bertz CT molecular complexity index is 1040. The molecule has 0 aliphatic carbocycles. The van der Waals surface area contributed by atoms with Gasteiger partial charge >= 0.3 is 0 Å². The summed E-state index contributed by atoms with van der Waals surface area (Å²) in [5.41, 5.74) is 0.817. The number of hydrogen-bond acceptors (Lipinski definition) is 4. The molecule has 0 saturated carbocycles. The van der Waals surface area contributed by atoms with Gasteiger partial charge in [-0.1, -0.05) is 42.5 Å². The average Bonchev–Trinajstić information content (AvgIpc) is 2.74. The maximum absolute atomic E-state index is 13.2. The van der Waals surface area contributed by atoms with Crippen LogP contribution < -0.4 is 9.88 Å². The Morgan fingerprint density at radius 3 is 2.45 bits per heavy atom. The summed E-state index contributed by atoms with van der Waals surface area (Å²) in [7, 11) is 0. The van der Waals surface area contributed by atoms with E-state index in [0.29, 0.717) is 6.54 Å². The summed E-state index contributed by atoms with van der Waals surface area (Å²) in [6.45, 7) is 0.311. The molecule has 0 amide bonds. The molecule has 3 aromatic rings. The van der Waals surface area contributed by atoms with Crippen molar-refractivity contribution < 1.29 is 18.7 Å². The lowest BCUT2D eigenvalue weighted by Gasteiger charge is -2.15. The van der Waals surface area contributed by atoms with Crippen molar-refractivity contribution in [1.82, 2.24) is 5.32 Å². The highest BCUT2D eigenvalue weighted by Gasteiger charge is 2.33. The van der Waals surface area contributed by atoms with Gasteiger partial charge in [-0.2, -0.15) is 4.57 Å². The number of pyridine rings is 1. The van der Waals surface area contributed by atoms with E-state index in [-0.39, 0.29) is 27.8 Å². The van der Waals surface area contributed by atoms with E-state index < -0.39 is 11.0 Å². The number of nitro benzene ring substituents is 1. The predicted molar refractivity (Wildman–Crippen MR) is 109 cm³/mol. The van der Waals surface area contributed by atoms with Crippen molar-refractivity contribution >= 4 is 28.7 Å². The van der Waals surface area contributed by atoms with E-state index in [0.717, 1.165) is 5.56 Å². The number of thiocarbonyl (C=S) groups is 1. The lowest BCUT2D eigenvalue weighted by atomic mass is 10.0. The van der Waals surface area contributed by atoms with E-state index in [9.17, 15) is 19.3 Å². The van der Waals surface area contributed by atoms with Crippen LogP contribution in [0.4, 0.5) is 10.1 Å². The summed E-state index contributed by atoms with van der Waals surface area (Å²) in [6.07, 6.45) is 3.40. The second-order valence-electron chi connectivity index (χ2n) is 6.24. The van der Waals surface area contributed by atoms with Crippen LogP contribution in [0.25, 0.3) is 0 Å². The highest BCUT2D eigenvalue weighted by Crippen LogP contribution is 2.17. The first-order chi connectivity index (χ1) is 14.0. The molecule has 0 spiro atoms. The van der Waals surface area contributed by atoms with Crippen LogP contribution in [0.1, 0.15) is 22.0 Å². The highest BCUT2D eigenvalue weighted by atomic mass is 32.1. The van der Waals surface area contributed by atoms with Crippen molar-refractivity contribution in [3.8, 4) is 0 Å². The summed E-state index contributed by atoms with van der Waals surface area (Å²) < 4.78 is 14.7. The number of ketones is 1. The van der Waals surface area contributed by atoms with E-state index in [2.05, 4.69) is 5.32 Å². The highest BCUT2D eigenvalue weighted by molar-refractivity contribution is 7.80. The fourth-order valence-corrected chi connectivity index (χ4v) is 3.09. The average molecular weight is 410 g/mol. The molecule has 146 valence electrons. The first-order valence-corrected chi connectivity index (χ1v) is 9.13. The minimum atomic E-state index is -0.881. The summed E-state index contributed by atoms with van der Waals surface area (Å²) in [5, 5.41) is 14.1. The fraction of sp³-hybridized carbons (Fsp3) is 0.0952. The molecule has 0 aliphatic rings. The van der Waals surface area contributed by atoms with Crippen LogP contribution in [0, 0.1) is 15.9 Å². The smallest absolute Gasteiger partial charge is 0.270 e. The van der Waals surface area contributed by atoms with E-state index in [1.807, 2.05) is 0 Å². The van der Waals surface area contributed by atoms with Crippen LogP contribution in [0.2, 0.25) is 0 Å². The number of non-ortho nitro benzene ring substituents is 1. The van der Waals surface area contributed by atoms with Gasteiger partial charge in [0.15, 0.2) is 17.4 Å². The lowest BCUT2D eigenvalue weighted by molar-refractivity contribution is -0.692. The molecule has 3 rings (SSSR count). The third-order valence-corrected chi connectivity index (χ3v) is 4.62. The minimum Gasteiger partial charge on any atom is -0.370 e. The van der Waals surface area contributed by atoms with Gasteiger partial charge in [-0.3, -0.25) is 14.9 Å². The maximum atomic E-state index is 13.2. The van der Waals surface area contributed by atoms with E-state index in [4.69, 9.17) is 12.2 Å². The number of carbonyl (C=O) groups excluding carboxylic acids is 1. The number of nitrogens with one attached hydrogen (secondary N) is 1. The van der Waals surface area contributed by atoms with Crippen molar-refractivity contribution in [1.29, 1.82) is 0 Å². The third kappa shape index (κ3) is 5.05. The zero-order chi connectivity index (χ0) is 20.8. The Morgan fingerprint density at radius 1 is 1.10 bits per heavy atom. The van der Waals surface area contributed by atoms with Gasteiger partial charge in [0.2, 0.25) is 5.78 Å². The Kier molecular flexibility index (Phi) is 6.36. The molecule has 1 N–H and O–H groups in total. The number of Topliss-reactive ketones (excluding diaryl/α,β-unsaturated/α-hetero) is 1. The number of carbonyl (C=O) groups is 1. The maximum Gasteiger partial charge on any atom is 0.270 e. The Morgan fingerprint density at radius 2 is 1.79 bits per heavy atom. The Hall–Kier alpha value is -3.52. The van der Waals surface area contributed by atoms with Crippen molar-refractivity contribution in [3.05, 3.63) is 106 Å². The topological polar surface area (TPSA) is 76.1 Å². The third-order valence-electron chi connectivity index (χ3n) is 4.25. The van der Waals surface area contributed by atoms with Crippen LogP contribution in [0.5, 0.6) is 0 Å². The summed E-state index contributed by atoms with van der Waals surface area (Å²) >= 11 is 5.48. The minimum absolute atomic E-state index is 0.169. The second-order valence-corrected chi connectivity index (χ2v) is 6.68. The number of aromatic nitrogens is 1. The molecule has 6 nitrogen and oxygen atoms in total. The monoisotopic (exact) mass is 410 g/mol. The predicted octanol–water partition coefficient (Wildman–Crippen LogP) is 3.56. The van der Waals surface area contributed by atoms with Gasteiger partial charge in [0.25, 0.3) is 11.7 Å². The van der Waals surface area contributed by atoms with E-state index >= 15 is 0 Å². The molecule has 29 heavy (non-hydrogen) atoms. The van der Waals surface area contributed by atoms with Crippen LogP contribution >= 0.6 is 12.2 Å². The molecule has 1 atom stereocenters. The van der Waals surface area contributed by atoms with Crippen molar-refractivity contribution in [2.75, 3.05) is 0 Å². The number of halogens is 1.